The Balaban J connectivity index is 0.000000441. The Kier molecular flexibility index (Phi) is 7.04. The van der Waals surface area contributed by atoms with E-state index in [1.54, 1.807) is 0 Å². The van der Waals surface area contributed by atoms with Crippen molar-refractivity contribution in [3.8, 4) is 0 Å². The highest BCUT2D eigenvalue weighted by Crippen LogP contribution is 2.18. The lowest BCUT2D eigenvalue weighted by molar-refractivity contribution is 0.0596. The van der Waals surface area contributed by atoms with Crippen molar-refractivity contribution < 1.29 is 35.1 Å². The van der Waals surface area contributed by atoms with E-state index >= 15 is 0 Å². The molecule has 0 fully saturated rings. The molecule has 1 aromatic carbocycles. The first-order chi connectivity index (χ1) is 9.18. The maximum atomic E-state index is 12.9. The predicted molar refractivity (Wildman–Crippen MR) is 65.0 cm³/mol. The van der Waals surface area contributed by atoms with Gasteiger partial charge in [-0.05, 0) is 6.07 Å². The van der Waals surface area contributed by atoms with Crippen molar-refractivity contribution in [2.45, 2.75) is 0 Å². The lowest BCUT2D eigenvalue weighted by atomic mass is 10.1. The Morgan fingerprint density at radius 2 is 1.65 bits per heavy atom. The van der Waals surface area contributed by atoms with Gasteiger partial charge in [-0.2, -0.15) is 8.42 Å². The summed E-state index contributed by atoms with van der Waals surface area (Å²) < 4.78 is 57.2. The Labute approximate surface area is 114 Å². The summed E-state index contributed by atoms with van der Waals surface area (Å²) >= 11 is 0. The number of esters is 1. The molecule has 10 heteroatoms. The molecule has 0 saturated heterocycles. The van der Waals surface area contributed by atoms with Gasteiger partial charge >= 0.3 is 16.4 Å². The highest BCUT2D eigenvalue weighted by Gasteiger charge is 2.17. The molecule has 0 aliphatic heterocycles. The van der Waals surface area contributed by atoms with Gasteiger partial charge in [0.15, 0.2) is 0 Å². The van der Waals surface area contributed by atoms with Crippen molar-refractivity contribution in [3.63, 3.8) is 0 Å². The smallest absolute Gasteiger partial charge is 0.399 e. The Morgan fingerprint density at radius 3 is 1.95 bits per heavy atom. The largest absolute Gasteiger partial charge is 0.465 e. The van der Waals surface area contributed by atoms with Gasteiger partial charge in [0, 0.05) is 6.07 Å². The molecule has 1 aromatic rings. The van der Waals surface area contributed by atoms with Crippen molar-refractivity contribution in [2.24, 2.45) is 0 Å². The summed E-state index contributed by atoms with van der Waals surface area (Å²) in [6.07, 6.45) is 0. The number of hydrogen-bond acceptors (Lipinski definition) is 7. The summed E-state index contributed by atoms with van der Waals surface area (Å²) in [6.45, 7) is 0. The molecule has 114 valence electrons. The van der Waals surface area contributed by atoms with Crippen LogP contribution in [0.4, 0.5) is 14.5 Å². The fourth-order valence-electron chi connectivity index (χ4n) is 0.979. The standard InChI is InChI=1S/C8H7F2NO2.C2H6O4S/c1-13-8(12)7-5(10)2-4(9)3-6(7)11;1-5-7(3,4)6-2/h2-3H,11H2,1H3;1-2H3. The first-order valence-corrected chi connectivity index (χ1v) is 6.20. The first-order valence-electron chi connectivity index (χ1n) is 4.87. The van der Waals surface area contributed by atoms with Crippen LogP contribution in [0.15, 0.2) is 12.1 Å². The van der Waals surface area contributed by atoms with Gasteiger partial charge in [0.05, 0.1) is 27.0 Å². The molecule has 0 aromatic heterocycles. The minimum atomic E-state index is -3.66. The molecule has 7 nitrogen and oxygen atoms in total. The molecule has 0 spiro atoms. The summed E-state index contributed by atoms with van der Waals surface area (Å²) in [6, 6.07) is 1.43. The third-order valence-corrected chi connectivity index (χ3v) is 2.70. The SMILES string of the molecule is COC(=O)c1c(N)cc(F)cc1F.COS(=O)(=O)OC. The van der Waals surface area contributed by atoms with Crippen LogP contribution in [-0.4, -0.2) is 35.7 Å². The summed E-state index contributed by atoms with van der Waals surface area (Å²) in [7, 11) is -0.516. The molecule has 0 amide bonds. The number of hydrogen-bond donors (Lipinski definition) is 1. The molecule has 0 aliphatic rings. The van der Waals surface area contributed by atoms with Gasteiger partial charge < -0.3 is 10.5 Å². The van der Waals surface area contributed by atoms with E-state index in [0.29, 0.717) is 6.07 Å². The van der Waals surface area contributed by atoms with Gasteiger partial charge in [-0.3, -0.25) is 8.37 Å². The Morgan fingerprint density at radius 1 is 1.15 bits per heavy atom. The normalized spacial score (nSPS) is 10.4. The van der Waals surface area contributed by atoms with E-state index in [4.69, 9.17) is 5.73 Å². The van der Waals surface area contributed by atoms with Gasteiger partial charge in [0.1, 0.15) is 17.2 Å². The summed E-state index contributed by atoms with van der Waals surface area (Å²) in [5, 5.41) is 0. The number of benzene rings is 1. The number of rotatable bonds is 3. The second kappa shape index (κ2) is 7.72. The monoisotopic (exact) mass is 313 g/mol. The zero-order valence-corrected chi connectivity index (χ0v) is 11.7. The van der Waals surface area contributed by atoms with Crippen molar-refractivity contribution in [1.82, 2.24) is 0 Å². The summed E-state index contributed by atoms with van der Waals surface area (Å²) in [4.78, 5) is 10.9. The molecule has 0 unspecified atom stereocenters. The number of nitrogens with two attached hydrogens (primary N) is 1. The fraction of sp³-hybridized carbons (Fsp3) is 0.300. The van der Waals surface area contributed by atoms with Crippen LogP contribution in [-0.2, 0) is 23.5 Å². The molecule has 1 rings (SSSR count). The topological polar surface area (TPSA) is 105 Å². The van der Waals surface area contributed by atoms with E-state index in [2.05, 4.69) is 13.1 Å². The molecule has 0 aliphatic carbocycles. The van der Waals surface area contributed by atoms with Crippen molar-refractivity contribution >= 4 is 22.1 Å². The maximum Gasteiger partial charge on any atom is 0.399 e. The molecule has 0 heterocycles. The second-order valence-corrected chi connectivity index (χ2v) is 4.57. The highest BCUT2D eigenvalue weighted by atomic mass is 32.3. The average molecular weight is 313 g/mol. The lowest BCUT2D eigenvalue weighted by Gasteiger charge is -2.04. The van der Waals surface area contributed by atoms with Crippen LogP contribution in [0, 0.1) is 11.6 Å². The molecule has 0 bridgehead atoms. The van der Waals surface area contributed by atoms with E-state index in [9.17, 15) is 22.0 Å². The third-order valence-electron chi connectivity index (χ3n) is 1.88. The van der Waals surface area contributed by atoms with Crippen LogP contribution >= 0.6 is 0 Å². The lowest BCUT2D eigenvalue weighted by Crippen LogP contribution is -2.09. The van der Waals surface area contributed by atoms with Gasteiger partial charge in [-0.1, -0.05) is 0 Å². The molecule has 0 atom stereocenters. The summed E-state index contributed by atoms with van der Waals surface area (Å²) in [5.74, 6) is -2.78. The van der Waals surface area contributed by atoms with Crippen LogP contribution in [0.2, 0.25) is 0 Å². The number of anilines is 1. The Bertz CT molecular complexity index is 542. The van der Waals surface area contributed by atoms with Gasteiger partial charge in [0.25, 0.3) is 0 Å². The van der Waals surface area contributed by atoms with E-state index < -0.39 is 33.6 Å². The van der Waals surface area contributed by atoms with E-state index in [1.807, 2.05) is 0 Å². The summed E-state index contributed by atoms with van der Waals surface area (Å²) in [5.41, 5.74) is 4.50. The first kappa shape index (κ1) is 18.2. The number of carbonyl (C=O) groups excluding carboxylic acids is 1. The van der Waals surface area contributed by atoms with E-state index in [0.717, 1.165) is 27.4 Å². The second-order valence-electron chi connectivity index (χ2n) is 3.09. The molecule has 2 N–H and O–H groups in total. The minimum absolute atomic E-state index is 0.274. The van der Waals surface area contributed by atoms with Gasteiger partial charge in [-0.25, -0.2) is 13.6 Å². The molecular formula is C10H13F2NO6S. The predicted octanol–water partition coefficient (Wildman–Crippen LogP) is 0.858. The molecule has 0 saturated carbocycles. The Hall–Kier alpha value is -1.78. The number of halogens is 2. The van der Waals surface area contributed by atoms with Crippen LogP contribution < -0.4 is 5.73 Å². The molecule has 0 radical (unpaired) electrons. The van der Waals surface area contributed by atoms with Crippen LogP contribution in [0.1, 0.15) is 10.4 Å². The van der Waals surface area contributed by atoms with Crippen LogP contribution in [0.5, 0.6) is 0 Å². The number of carbonyl (C=O) groups is 1. The number of methoxy groups -OCH3 is 1. The number of ether oxygens (including phenoxy) is 1. The number of nitrogen functional groups attached to an aromatic ring is 1. The van der Waals surface area contributed by atoms with Gasteiger partial charge in [0.2, 0.25) is 0 Å². The third kappa shape index (κ3) is 5.47. The van der Waals surface area contributed by atoms with E-state index in [-0.39, 0.29) is 5.69 Å². The van der Waals surface area contributed by atoms with Crippen LogP contribution in [0.3, 0.4) is 0 Å². The maximum absolute atomic E-state index is 12.9. The molecular weight excluding hydrogens is 300 g/mol. The average Bonchev–Trinajstić information content (AvgIpc) is 2.38. The highest BCUT2D eigenvalue weighted by molar-refractivity contribution is 7.81. The van der Waals surface area contributed by atoms with Crippen molar-refractivity contribution in [3.05, 3.63) is 29.3 Å². The van der Waals surface area contributed by atoms with E-state index in [1.165, 1.54) is 0 Å². The zero-order valence-electron chi connectivity index (χ0n) is 10.8. The quantitative estimate of drug-likeness (QED) is 0.651. The van der Waals surface area contributed by atoms with Crippen molar-refractivity contribution in [2.75, 3.05) is 27.1 Å². The minimum Gasteiger partial charge on any atom is -0.465 e. The zero-order chi connectivity index (χ0) is 15.9. The van der Waals surface area contributed by atoms with Gasteiger partial charge in [-0.15, -0.1) is 0 Å². The van der Waals surface area contributed by atoms with Crippen LogP contribution in [0.25, 0.3) is 0 Å². The van der Waals surface area contributed by atoms with Crippen molar-refractivity contribution in [1.29, 1.82) is 0 Å². The molecule has 20 heavy (non-hydrogen) atoms. The fourth-order valence-corrected chi connectivity index (χ4v) is 1.12.